The lowest BCUT2D eigenvalue weighted by molar-refractivity contribution is -0.180. The number of esters is 2. The maximum atomic E-state index is 13.7. The molecule has 5 unspecified atom stereocenters. The van der Waals surface area contributed by atoms with Crippen molar-refractivity contribution in [2.75, 3.05) is 0 Å². The minimum absolute atomic E-state index is 0.00779. The maximum Gasteiger partial charge on any atom is 0.309 e. The smallest absolute Gasteiger partial charge is 0.309 e. The predicted octanol–water partition coefficient (Wildman–Crippen LogP) is 5.31. The Balaban J connectivity index is 1.38. The summed E-state index contributed by atoms with van der Waals surface area (Å²) in [5.41, 5.74) is 0.761. The van der Waals surface area contributed by atoms with E-state index in [9.17, 15) is 14.4 Å². The van der Waals surface area contributed by atoms with Crippen LogP contribution in [0.4, 0.5) is 0 Å². The van der Waals surface area contributed by atoms with E-state index in [4.69, 9.17) is 9.47 Å². The zero-order valence-corrected chi connectivity index (χ0v) is 20.2. The Morgan fingerprint density at radius 2 is 1.73 bits per heavy atom. The van der Waals surface area contributed by atoms with E-state index in [1.54, 1.807) is 0 Å². The molecule has 6 aliphatic rings. The third kappa shape index (κ3) is 3.06. The molecule has 5 nitrogen and oxygen atoms in total. The van der Waals surface area contributed by atoms with Crippen molar-refractivity contribution in [1.29, 1.82) is 0 Å². The van der Waals surface area contributed by atoms with Crippen molar-refractivity contribution in [2.45, 2.75) is 109 Å². The van der Waals surface area contributed by atoms with Crippen molar-refractivity contribution in [3.63, 3.8) is 0 Å². The van der Waals surface area contributed by atoms with Crippen molar-refractivity contribution < 1.29 is 23.9 Å². The predicted molar refractivity (Wildman–Crippen MR) is 122 cm³/mol. The van der Waals surface area contributed by atoms with E-state index in [-0.39, 0.29) is 52.1 Å². The zero-order valence-electron chi connectivity index (χ0n) is 20.2. The number of hydrogen-bond donors (Lipinski definition) is 0. The molecule has 1 saturated heterocycles. The van der Waals surface area contributed by atoms with Gasteiger partial charge in [0, 0.05) is 18.3 Å². The Morgan fingerprint density at radius 1 is 0.970 bits per heavy atom. The van der Waals surface area contributed by atoms with Gasteiger partial charge in [0.15, 0.2) is 5.78 Å². The van der Waals surface area contributed by atoms with Crippen LogP contribution in [0.25, 0.3) is 0 Å². The maximum absolute atomic E-state index is 13.7. The van der Waals surface area contributed by atoms with Crippen LogP contribution >= 0.6 is 0 Å². The molecule has 0 radical (unpaired) electrons. The van der Waals surface area contributed by atoms with E-state index in [2.05, 4.69) is 13.8 Å². The Hall–Kier alpha value is -1.65. The van der Waals surface area contributed by atoms with Crippen LogP contribution in [0.3, 0.4) is 0 Å². The molecule has 0 aromatic carbocycles. The van der Waals surface area contributed by atoms with Gasteiger partial charge in [0.2, 0.25) is 0 Å². The average molecular weight is 455 g/mol. The molecule has 0 aromatic heterocycles. The number of fused-ring (bicyclic) bond motifs is 6. The van der Waals surface area contributed by atoms with Gasteiger partial charge in [0.25, 0.3) is 0 Å². The summed E-state index contributed by atoms with van der Waals surface area (Å²) in [6, 6.07) is 0. The fraction of sp³-hybridized carbons (Fsp3) is 0.821. The highest BCUT2D eigenvalue weighted by Gasteiger charge is 2.69. The number of rotatable bonds is 2. The number of hydrogen-bond acceptors (Lipinski definition) is 5. The number of carbonyl (C=O) groups excluding carboxylic acids is 3. The number of ketones is 1. The lowest BCUT2D eigenvalue weighted by Gasteiger charge is -2.60. The molecule has 5 fully saturated rings. The molecule has 5 heteroatoms. The molecule has 1 spiro atoms. The first-order chi connectivity index (χ1) is 15.8. The molecule has 0 bridgehead atoms. The molecule has 4 saturated carbocycles. The molecule has 0 amide bonds. The van der Waals surface area contributed by atoms with Crippen LogP contribution in [0.15, 0.2) is 11.6 Å². The fourth-order valence-electron chi connectivity index (χ4n) is 9.36. The first-order valence-corrected chi connectivity index (χ1v) is 13.4. The molecule has 1 heterocycles. The number of allylic oxidation sites excluding steroid dienone is 1. The van der Waals surface area contributed by atoms with Crippen molar-refractivity contribution in [3.05, 3.63) is 11.6 Å². The molecule has 0 N–H and O–H groups in total. The van der Waals surface area contributed by atoms with Gasteiger partial charge in [-0.25, -0.2) is 0 Å². The molecule has 5 aliphatic carbocycles. The van der Waals surface area contributed by atoms with Gasteiger partial charge < -0.3 is 9.47 Å². The van der Waals surface area contributed by atoms with Crippen LogP contribution in [0.5, 0.6) is 0 Å². The standard InChI is InChI=1S/C28H38O5/c1-26-11-7-18(29)15-17(26)16-20(25(31)32-19-5-3-4-6-19)24-21(26)8-12-27(2)22(24)9-13-28(27)14-10-23(30)33-28/h15,19-22,24H,3-14,16H2,1-2H3/t20-,21?,22?,24?,26?,27?,28-/m1/s1. The second kappa shape index (κ2) is 7.42. The van der Waals surface area contributed by atoms with Crippen LogP contribution in [-0.4, -0.2) is 29.4 Å². The second-order valence-electron chi connectivity index (χ2n) is 12.5. The van der Waals surface area contributed by atoms with E-state index in [0.717, 1.165) is 64.2 Å². The lowest BCUT2D eigenvalue weighted by atomic mass is 9.44. The molecular formula is C28H38O5. The van der Waals surface area contributed by atoms with Gasteiger partial charge in [-0.2, -0.15) is 0 Å². The van der Waals surface area contributed by atoms with Crippen LogP contribution in [0.2, 0.25) is 0 Å². The summed E-state index contributed by atoms with van der Waals surface area (Å²) in [5, 5.41) is 0. The van der Waals surface area contributed by atoms with Gasteiger partial charge >= 0.3 is 11.9 Å². The lowest BCUT2D eigenvalue weighted by Crippen LogP contribution is -2.58. The van der Waals surface area contributed by atoms with Crippen molar-refractivity contribution in [1.82, 2.24) is 0 Å². The highest BCUT2D eigenvalue weighted by Crippen LogP contribution is 2.70. The van der Waals surface area contributed by atoms with Gasteiger partial charge in [0.1, 0.15) is 11.7 Å². The number of carbonyl (C=O) groups is 3. The largest absolute Gasteiger partial charge is 0.462 e. The summed E-state index contributed by atoms with van der Waals surface area (Å²) in [6.07, 6.45) is 13.7. The summed E-state index contributed by atoms with van der Waals surface area (Å²) in [5.74, 6) is 0.928. The molecule has 180 valence electrons. The van der Waals surface area contributed by atoms with E-state index in [1.165, 1.54) is 5.57 Å². The summed E-state index contributed by atoms with van der Waals surface area (Å²) in [7, 11) is 0. The summed E-state index contributed by atoms with van der Waals surface area (Å²) in [6.45, 7) is 4.70. The molecule has 7 atom stereocenters. The second-order valence-corrected chi connectivity index (χ2v) is 12.5. The topological polar surface area (TPSA) is 69.7 Å². The first-order valence-electron chi connectivity index (χ1n) is 13.4. The highest BCUT2D eigenvalue weighted by atomic mass is 16.6. The highest BCUT2D eigenvalue weighted by molar-refractivity contribution is 5.92. The average Bonchev–Trinajstić information content (AvgIpc) is 3.49. The minimum Gasteiger partial charge on any atom is -0.462 e. The quantitative estimate of drug-likeness (QED) is 0.529. The van der Waals surface area contributed by atoms with Crippen LogP contribution in [0, 0.1) is 34.5 Å². The van der Waals surface area contributed by atoms with Gasteiger partial charge in [-0.15, -0.1) is 0 Å². The summed E-state index contributed by atoms with van der Waals surface area (Å²) in [4.78, 5) is 38.3. The first kappa shape index (κ1) is 21.9. The summed E-state index contributed by atoms with van der Waals surface area (Å²) < 4.78 is 12.2. The molecular weight excluding hydrogens is 416 g/mol. The Bertz CT molecular complexity index is 915. The minimum atomic E-state index is -0.348. The molecule has 33 heavy (non-hydrogen) atoms. The third-order valence-corrected chi connectivity index (χ3v) is 11.2. The van der Waals surface area contributed by atoms with Crippen LogP contribution < -0.4 is 0 Å². The normalized spacial score (nSPS) is 47.0. The SMILES string of the molecule is CC12CCC(=O)C=C1C[C@@H](C(=O)OC1CCCC1)C1C2CCC2(C)C1CC[C@@]21CCC(=O)O1. The Kier molecular flexibility index (Phi) is 4.92. The molecule has 1 aliphatic heterocycles. The fourth-order valence-corrected chi connectivity index (χ4v) is 9.36. The van der Waals surface area contributed by atoms with Crippen LogP contribution in [0.1, 0.15) is 97.3 Å². The van der Waals surface area contributed by atoms with E-state index < -0.39 is 0 Å². The zero-order chi connectivity index (χ0) is 23.0. The molecule has 6 rings (SSSR count). The van der Waals surface area contributed by atoms with Crippen molar-refractivity contribution in [3.8, 4) is 0 Å². The monoisotopic (exact) mass is 454 g/mol. The Labute approximate surface area is 197 Å². The van der Waals surface area contributed by atoms with Gasteiger partial charge in [0.05, 0.1) is 5.92 Å². The van der Waals surface area contributed by atoms with E-state index in [0.29, 0.717) is 31.1 Å². The van der Waals surface area contributed by atoms with E-state index in [1.807, 2.05) is 6.08 Å². The third-order valence-electron chi connectivity index (χ3n) is 11.2. The molecule has 0 aromatic rings. The Morgan fingerprint density at radius 3 is 2.45 bits per heavy atom. The van der Waals surface area contributed by atoms with Gasteiger partial charge in [-0.3, -0.25) is 14.4 Å². The van der Waals surface area contributed by atoms with Crippen molar-refractivity contribution >= 4 is 17.7 Å². The van der Waals surface area contributed by atoms with Crippen molar-refractivity contribution in [2.24, 2.45) is 34.5 Å². The van der Waals surface area contributed by atoms with Crippen LogP contribution in [-0.2, 0) is 23.9 Å². The van der Waals surface area contributed by atoms with Gasteiger partial charge in [-0.1, -0.05) is 19.4 Å². The summed E-state index contributed by atoms with van der Waals surface area (Å²) >= 11 is 0. The number of ether oxygens (including phenoxy) is 2. The van der Waals surface area contributed by atoms with Gasteiger partial charge in [-0.05, 0) is 99.9 Å². The van der Waals surface area contributed by atoms with E-state index >= 15 is 0 Å².